The van der Waals surface area contributed by atoms with Crippen molar-refractivity contribution in [3.8, 4) is 17.1 Å². The van der Waals surface area contributed by atoms with Crippen LogP contribution >= 0.6 is 0 Å². The fourth-order valence-corrected chi connectivity index (χ4v) is 2.93. The van der Waals surface area contributed by atoms with Gasteiger partial charge in [-0.25, -0.2) is 9.97 Å². The third-order valence-electron chi connectivity index (χ3n) is 4.32. The van der Waals surface area contributed by atoms with Crippen LogP contribution in [0, 0.1) is 0 Å². The fraction of sp³-hybridized carbons (Fsp3) is 0.278. The molecular weight excluding hydrogens is 391 g/mol. The van der Waals surface area contributed by atoms with Crippen LogP contribution in [-0.2, 0) is 6.18 Å². The lowest BCUT2D eigenvalue weighted by Crippen LogP contribution is -2.31. The van der Waals surface area contributed by atoms with E-state index in [0.29, 0.717) is 36.4 Å². The van der Waals surface area contributed by atoms with Gasteiger partial charge in [0.2, 0.25) is 5.82 Å². The standard InChI is InChI=1S/C18H14F3N5O3/c19-18(20,21)17-24-15(25-29-17)11-1-3-13(4-2-11)28-14-5-6-26(9-14)16(27)12-7-22-10-23-8-12/h1-4,7-8,10,14H,5-6,9H2/t14-/m0/s1. The summed E-state index contributed by atoms with van der Waals surface area (Å²) in [7, 11) is 0. The maximum Gasteiger partial charge on any atom is 0.471 e. The van der Waals surface area contributed by atoms with Gasteiger partial charge >= 0.3 is 12.1 Å². The second-order valence-electron chi connectivity index (χ2n) is 6.35. The monoisotopic (exact) mass is 405 g/mol. The Labute approximate surface area is 162 Å². The van der Waals surface area contributed by atoms with Gasteiger partial charge < -0.3 is 14.2 Å². The number of nitrogens with zero attached hydrogens (tertiary/aromatic N) is 5. The molecule has 0 saturated carbocycles. The van der Waals surface area contributed by atoms with Crippen molar-refractivity contribution in [3.05, 3.63) is 54.4 Å². The summed E-state index contributed by atoms with van der Waals surface area (Å²) in [6.45, 7) is 0.953. The number of halogens is 3. The van der Waals surface area contributed by atoms with E-state index < -0.39 is 12.1 Å². The minimum absolute atomic E-state index is 0.161. The lowest BCUT2D eigenvalue weighted by molar-refractivity contribution is -0.159. The summed E-state index contributed by atoms with van der Waals surface area (Å²) in [6, 6.07) is 6.29. The van der Waals surface area contributed by atoms with Crippen LogP contribution in [0.3, 0.4) is 0 Å². The Hall–Kier alpha value is -3.50. The number of carbonyl (C=O) groups excluding carboxylic acids is 1. The molecular formula is C18H14F3N5O3. The first-order valence-corrected chi connectivity index (χ1v) is 8.62. The quantitative estimate of drug-likeness (QED) is 0.659. The highest BCUT2D eigenvalue weighted by atomic mass is 19.4. The minimum atomic E-state index is -4.69. The molecule has 0 spiro atoms. The van der Waals surface area contributed by atoms with E-state index in [1.54, 1.807) is 29.2 Å². The molecule has 2 aromatic heterocycles. The van der Waals surface area contributed by atoms with Crippen LogP contribution in [-0.4, -0.2) is 50.1 Å². The van der Waals surface area contributed by atoms with Crippen LogP contribution in [0.25, 0.3) is 11.4 Å². The maximum atomic E-state index is 12.6. The normalized spacial score (nSPS) is 16.8. The predicted octanol–water partition coefficient (Wildman–Crippen LogP) is 2.84. The van der Waals surface area contributed by atoms with Crippen molar-refractivity contribution >= 4 is 5.91 Å². The largest absolute Gasteiger partial charge is 0.489 e. The summed E-state index contributed by atoms with van der Waals surface area (Å²) in [5, 5.41) is 3.34. The van der Waals surface area contributed by atoms with E-state index in [2.05, 4.69) is 24.6 Å². The van der Waals surface area contributed by atoms with Crippen LogP contribution in [0.4, 0.5) is 13.2 Å². The molecule has 4 rings (SSSR count). The molecule has 3 heterocycles. The first-order chi connectivity index (χ1) is 13.9. The van der Waals surface area contributed by atoms with Gasteiger partial charge in [0.05, 0.1) is 12.1 Å². The van der Waals surface area contributed by atoms with E-state index in [0.717, 1.165) is 0 Å². The van der Waals surface area contributed by atoms with E-state index in [4.69, 9.17) is 4.74 Å². The molecule has 11 heteroatoms. The van der Waals surface area contributed by atoms with Gasteiger partial charge in [-0.2, -0.15) is 18.2 Å². The molecule has 0 radical (unpaired) electrons. The molecule has 0 unspecified atom stereocenters. The van der Waals surface area contributed by atoms with Crippen molar-refractivity contribution in [2.45, 2.75) is 18.7 Å². The highest BCUT2D eigenvalue weighted by Crippen LogP contribution is 2.30. The summed E-state index contributed by atoms with van der Waals surface area (Å²) in [6.07, 6.45) is 0.0488. The summed E-state index contributed by atoms with van der Waals surface area (Å²) < 4.78 is 47.8. The number of likely N-dealkylation sites (tertiary alicyclic amines) is 1. The maximum absolute atomic E-state index is 12.6. The molecule has 8 nitrogen and oxygen atoms in total. The highest BCUT2D eigenvalue weighted by Gasteiger charge is 2.38. The Bertz CT molecular complexity index is 992. The second-order valence-corrected chi connectivity index (χ2v) is 6.35. The van der Waals surface area contributed by atoms with Gasteiger partial charge in [0.25, 0.3) is 5.91 Å². The Balaban J connectivity index is 1.37. The van der Waals surface area contributed by atoms with Gasteiger partial charge in [-0.3, -0.25) is 4.79 Å². The van der Waals surface area contributed by atoms with Crippen LogP contribution in [0.15, 0.2) is 47.5 Å². The Morgan fingerprint density at radius 2 is 1.90 bits per heavy atom. The van der Waals surface area contributed by atoms with E-state index >= 15 is 0 Å². The minimum Gasteiger partial charge on any atom is -0.489 e. The molecule has 0 aliphatic carbocycles. The SMILES string of the molecule is O=C(c1cncnc1)N1CC[C@H](Oc2ccc(-c3noc(C(F)(F)F)n3)cc2)C1. The molecule has 1 aliphatic heterocycles. The van der Waals surface area contributed by atoms with Gasteiger partial charge in [-0.05, 0) is 24.3 Å². The predicted molar refractivity (Wildman–Crippen MR) is 91.7 cm³/mol. The van der Waals surface area contributed by atoms with Gasteiger partial charge in [0.15, 0.2) is 0 Å². The number of ether oxygens (including phenoxy) is 1. The average molecular weight is 405 g/mol. The zero-order valence-corrected chi connectivity index (χ0v) is 14.8. The number of amides is 1. The smallest absolute Gasteiger partial charge is 0.471 e. The summed E-state index contributed by atoms with van der Waals surface area (Å²) in [4.78, 5) is 25.1. The van der Waals surface area contributed by atoms with E-state index in [9.17, 15) is 18.0 Å². The number of hydrogen-bond donors (Lipinski definition) is 0. The van der Waals surface area contributed by atoms with Crippen LogP contribution in [0.1, 0.15) is 22.7 Å². The van der Waals surface area contributed by atoms with Crippen molar-refractivity contribution in [2.24, 2.45) is 0 Å². The Kier molecular flexibility index (Phi) is 4.87. The van der Waals surface area contributed by atoms with E-state index in [1.165, 1.54) is 18.7 Å². The van der Waals surface area contributed by atoms with Crippen LogP contribution in [0.5, 0.6) is 5.75 Å². The molecule has 1 aliphatic rings. The van der Waals surface area contributed by atoms with Gasteiger partial charge in [0.1, 0.15) is 18.2 Å². The van der Waals surface area contributed by atoms with Gasteiger partial charge in [0, 0.05) is 30.9 Å². The lowest BCUT2D eigenvalue weighted by Gasteiger charge is -2.17. The lowest BCUT2D eigenvalue weighted by atomic mass is 10.2. The number of rotatable bonds is 4. The molecule has 1 saturated heterocycles. The summed E-state index contributed by atoms with van der Waals surface area (Å²) in [5.41, 5.74) is 0.778. The van der Waals surface area contributed by atoms with E-state index in [-0.39, 0.29) is 17.8 Å². The molecule has 0 bridgehead atoms. The second kappa shape index (κ2) is 7.49. The Morgan fingerprint density at radius 1 is 1.17 bits per heavy atom. The van der Waals surface area contributed by atoms with Crippen molar-refractivity contribution < 1.29 is 27.2 Å². The zero-order valence-electron chi connectivity index (χ0n) is 14.8. The van der Waals surface area contributed by atoms with Crippen molar-refractivity contribution in [2.75, 3.05) is 13.1 Å². The molecule has 1 fully saturated rings. The van der Waals surface area contributed by atoms with Crippen molar-refractivity contribution in [3.63, 3.8) is 0 Å². The molecule has 0 N–H and O–H groups in total. The van der Waals surface area contributed by atoms with Crippen molar-refractivity contribution in [1.29, 1.82) is 0 Å². The van der Waals surface area contributed by atoms with E-state index in [1.807, 2.05) is 0 Å². The van der Waals surface area contributed by atoms with Crippen LogP contribution in [0.2, 0.25) is 0 Å². The molecule has 1 amide bonds. The highest BCUT2D eigenvalue weighted by molar-refractivity contribution is 5.93. The molecule has 29 heavy (non-hydrogen) atoms. The fourth-order valence-electron chi connectivity index (χ4n) is 2.93. The molecule has 1 atom stereocenters. The van der Waals surface area contributed by atoms with Crippen molar-refractivity contribution in [1.82, 2.24) is 25.0 Å². The summed E-state index contributed by atoms with van der Waals surface area (Å²) >= 11 is 0. The Morgan fingerprint density at radius 3 is 2.55 bits per heavy atom. The summed E-state index contributed by atoms with van der Waals surface area (Å²) in [5.74, 6) is -1.20. The topological polar surface area (TPSA) is 94.2 Å². The van der Waals surface area contributed by atoms with Gasteiger partial charge in [-0.15, -0.1) is 0 Å². The molecule has 1 aromatic carbocycles. The van der Waals surface area contributed by atoms with Gasteiger partial charge in [-0.1, -0.05) is 5.16 Å². The number of alkyl halides is 3. The molecule has 3 aromatic rings. The van der Waals surface area contributed by atoms with Crippen LogP contribution < -0.4 is 4.74 Å². The number of carbonyl (C=O) groups is 1. The number of aromatic nitrogens is 4. The number of hydrogen-bond acceptors (Lipinski definition) is 7. The third-order valence-corrected chi connectivity index (χ3v) is 4.32. The number of benzene rings is 1. The third kappa shape index (κ3) is 4.18. The zero-order chi connectivity index (χ0) is 20.4. The molecule has 150 valence electrons. The average Bonchev–Trinajstić information content (AvgIpc) is 3.38. The first kappa shape index (κ1) is 18.8. The first-order valence-electron chi connectivity index (χ1n) is 8.62.